The van der Waals surface area contributed by atoms with Crippen LogP contribution in [0, 0.1) is 0 Å². The van der Waals surface area contributed by atoms with E-state index in [1.807, 2.05) is 6.92 Å². The lowest BCUT2D eigenvalue weighted by Gasteiger charge is -2.09. The quantitative estimate of drug-likeness (QED) is 0.880. The van der Waals surface area contributed by atoms with Crippen LogP contribution in [0.4, 0.5) is 0 Å². The highest BCUT2D eigenvalue weighted by Crippen LogP contribution is 2.33. The Morgan fingerprint density at radius 3 is 2.95 bits per heavy atom. The van der Waals surface area contributed by atoms with E-state index in [1.165, 1.54) is 0 Å². The first kappa shape index (κ1) is 13.2. The summed E-state index contributed by atoms with van der Waals surface area (Å²) in [6.45, 7) is 2.36. The molecule has 2 aromatic rings. The lowest BCUT2D eigenvalue weighted by atomic mass is 10.1. The molecule has 0 amide bonds. The normalized spacial score (nSPS) is 13.3. The minimum absolute atomic E-state index is 0.114. The van der Waals surface area contributed by atoms with E-state index in [2.05, 4.69) is 9.97 Å². The van der Waals surface area contributed by atoms with Crippen LogP contribution in [0.15, 0.2) is 18.2 Å². The van der Waals surface area contributed by atoms with Crippen molar-refractivity contribution in [2.75, 3.05) is 6.61 Å². The number of ether oxygens (including phenoxy) is 1. The smallest absolute Gasteiger partial charge is 0.161 e. The standard InChI is InChI=1S/C15H15ClN2O2/c1-2-20-13-8-9(6-7-12(13)19)15-17-11-5-3-4-10(11)14(16)18-15/h6-8,19H,2-5H2,1H3. The van der Waals surface area contributed by atoms with Gasteiger partial charge in [0.15, 0.2) is 17.3 Å². The minimum Gasteiger partial charge on any atom is -0.504 e. The number of aromatic nitrogens is 2. The SMILES string of the molecule is CCOc1cc(-c2nc(Cl)c3c(n2)CCC3)ccc1O. The molecule has 0 fully saturated rings. The highest BCUT2D eigenvalue weighted by molar-refractivity contribution is 6.30. The van der Waals surface area contributed by atoms with Gasteiger partial charge in [-0.2, -0.15) is 0 Å². The third-order valence-corrected chi connectivity index (χ3v) is 3.71. The third kappa shape index (κ3) is 2.31. The van der Waals surface area contributed by atoms with E-state index in [1.54, 1.807) is 18.2 Å². The van der Waals surface area contributed by atoms with Crippen molar-refractivity contribution in [1.29, 1.82) is 0 Å². The zero-order chi connectivity index (χ0) is 14.1. The highest BCUT2D eigenvalue weighted by atomic mass is 35.5. The molecule has 0 bridgehead atoms. The molecule has 4 nitrogen and oxygen atoms in total. The molecule has 0 unspecified atom stereocenters. The summed E-state index contributed by atoms with van der Waals surface area (Å²) in [4.78, 5) is 8.95. The van der Waals surface area contributed by atoms with Crippen molar-refractivity contribution < 1.29 is 9.84 Å². The Bertz CT molecular complexity index is 659. The van der Waals surface area contributed by atoms with E-state index in [4.69, 9.17) is 16.3 Å². The number of rotatable bonds is 3. The molecule has 0 atom stereocenters. The second-order valence-corrected chi connectivity index (χ2v) is 5.09. The molecule has 0 aliphatic heterocycles. The summed E-state index contributed by atoms with van der Waals surface area (Å²) in [7, 11) is 0. The number of nitrogens with zero attached hydrogens (tertiary/aromatic N) is 2. The van der Waals surface area contributed by atoms with E-state index in [0.29, 0.717) is 23.3 Å². The summed E-state index contributed by atoms with van der Waals surface area (Å²) >= 11 is 6.23. The van der Waals surface area contributed by atoms with Gasteiger partial charge in [0, 0.05) is 16.8 Å². The van der Waals surface area contributed by atoms with Crippen molar-refractivity contribution in [2.45, 2.75) is 26.2 Å². The highest BCUT2D eigenvalue weighted by Gasteiger charge is 2.19. The zero-order valence-electron chi connectivity index (χ0n) is 11.2. The largest absolute Gasteiger partial charge is 0.504 e. The van der Waals surface area contributed by atoms with Crippen LogP contribution in [-0.4, -0.2) is 21.7 Å². The molecule has 1 aromatic carbocycles. The van der Waals surface area contributed by atoms with Crippen molar-refractivity contribution in [3.05, 3.63) is 34.6 Å². The van der Waals surface area contributed by atoms with Gasteiger partial charge in [0.25, 0.3) is 0 Å². The Morgan fingerprint density at radius 1 is 1.30 bits per heavy atom. The summed E-state index contributed by atoms with van der Waals surface area (Å²) < 4.78 is 5.38. The lowest BCUT2D eigenvalue weighted by molar-refractivity contribution is 0.318. The molecule has 0 spiro atoms. The third-order valence-electron chi connectivity index (χ3n) is 3.40. The molecule has 1 heterocycles. The number of aromatic hydroxyl groups is 1. The van der Waals surface area contributed by atoms with E-state index >= 15 is 0 Å². The molecule has 1 N–H and O–H groups in total. The predicted molar refractivity (Wildman–Crippen MR) is 77.3 cm³/mol. The van der Waals surface area contributed by atoms with Gasteiger partial charge in [-0.15, -0.1) is 0 Å². The Kier molecular flexibility index (Phi) is 3.49. The first-order chi connectivity index (χ1) is 9.69. The van der Waals surface area contributed by atoms with Crippen molar-refractivity contribution in [2.24, 2.45) is 0 Å². The van der Waals surface area contributed by atoms with Gasteiger partial charge in [0.1, 0.15) is 5.15 Å². The van der Waals surface area contributed by atoms with Crippen molar-refractivity contribution in [3.63, 3.8) is 0 Å². The minimum atomic E-state index is 0.114. The topological polar surface area (TPSA) is 55.2 Å². The molecule has 5 heteroatoms. The van der Waals surface area contributed by atoms with Crippen LogP contribution in [-0.2, 0) is 12.8 Å². The fourth-order valence-electron chi connectivity index (χ4n) is 2.44. The molecular weight excluding hydrogens is 276 g/mol. The second kappa shape index (κ2) is 5.29. The molecule has 104 valence electrons. The average Bonchev–Trinajstić information content (AvgIpc) is 2.90. The van der Waals surface area contributed by atoms with E-state index in [9.17, 15) is 5.11 Å². The van der Waals surface area contributed by atoms with Crippen LogP contribution in [0.1, 0.15) is 24.6 Å². The van der Waals surface area contributed by atoms with Crippen LogP contribution in [0.25, 0.3) is 11.4 Å². The van der Waals surface area contributed by atoms with Gasteiger partial charge in [-0.3, -0.25) is 0 Å². The Balaban J connectivity index is 2.05. The van der Waals surface area contributed by atoms with Crippen LogP contribution in [0.3, 0.4) is 0 Å². The molecule has 1 aliphatic rings. The average molecular weight is 291 g/mol. The van der Waals surface area contributed by atoms with Crippen molar-refractivity contribution >= 4 is 11.6 Å². The molecule has 20 heavy (non-hydrogen) atoms. The summed E-state index contributed by atoms with van der Waals surface area (Å²) in [5, 5.41) is 10.3. The van der Waals surface area contributed by atoms with Gasteiger partial charge in [-0.25, -0.2) is 9.97 Å². The number of halogens is 1. The second-order valence-electron chi connectivity index (χ2n) is 4.73. The first-order valence-electron chi connectivity index (χ1n) is 6.70. The van der Waals surface area contributed by atoms with Gasteiger partial charge < -0.3 is 9.84 Å². The predicted octanol–water partition coefficient (Wildman–Crippen LogP) is 3.39. The van der Waals surface area contributed by atoms with Crippen molar-refractivity contribution in [3.8, 4) is 22.9 Å². The molecule has 0 saturated heterocycles. The summed E-state index contributed by atoms with van der Waals surface area (Å²) in [5.74, 6) is 1.13. The van der Waals surface area contributed by atoms with Gasteiger partial charge in [-0.05, 0) is 44.4 Å². The lowest BCUT2D eigenvalue weighted by Crippen LogP contribution is -1.98. The molecule has 1 aromatic heterocycles. The fraction of sp³-hybridized carbons (Fsp3) is 0.333. The van der Waals surface area contributed by atoms with Crippen LogP contribution >= 0.6 is 11.6 Å². The van der Waals surface area contributed by atoms with Gasteiger partial charge >= 0.3 is 0 Å². The van der Waals surface area contributed by atoms with Gasteiger partial charge in [-0.1, -0.05) is 11.6 Å². The van der Waals surface area contributed by atoms with Gasteiger partial charge in [0.2, 0.25) is 0 Å². The number of phenols is 1. The van der Waals surface area contributed by atoms with Crippen molar-refractivity contribution in [1.82, 2.24) is 9.97 Å². The summed E-state index contributed by atoms with van der Waals surface area (Å²) in [5.41, 5.74) is 2.90. The van der Waals surface area contributed by atoms with E-state index < -0.39 is 0 Å². The molecule has 3 rings (SSSR count). The van der Waals surface area contributed by atoms with E-state index in [0.717, 1.165) is 36.1 Å². The van der Waals surface area contributed by atoms with Crippen LogP contribution < -0.4 is 4.74 Å². The summed E-state index contributed by atoms with van der Waals surface area (Å²) in [6.07, 6.45) is 2.97. The number of benzene rings is 1. The number of hydrogen-bond donors (Lipinski definition) is 1. The van der Waals surface area contributed by atoms with E-state index in [-0.39, 0.29) is 5.75 Å². The first-order valence-corrected chi connectivity index (χ1v) is 7.08. The monoisotopic (exact) mass is 290 g/mol. The van der Waals surface area contributed by atoms with Crippen LogP contribution in [0.5, 0.6) is 11.5 Å². The maximum absolute atomic E-state index is 9.73. The molecule has 1 aliphatic carbocycles. The number of fused-ring (bicyclic) bond motifs is 1. The molecule has 0 radical (unpaired) electrons. The molecular formula is C15H15ClN2O2. The number of hydrogen-bond acceptors (Lipinski definition) is 4. The van der Waals surface area contributed by atoms with Crippen LogP contribution in [0.2, 0.25) is 5.15 Å². The number of aryl methyl sites for hydroxylation is 1. The Morgan fingerprint density at radius 2 is 2.15 bits per heavy atom. The number of phenolic OH excluding ortho intramolecular Hbond substituents is 1. The Hall–Kier alpha value is -1.81. The summed E-state index contributed by atoms with van der Waals surface area (Å²) in [6, 6.07) is 5.10. The van der Waals surface area contributed by atoms with Gasteiger partial charge in [0.05, 0.1) is 6.61 Å². The maximum atomic E-state index is 9.73. The zero-order valence-corrected chi connectivity index (χ0v) is 11.9. The Labute approximate surface area is 122 Å². The molecule has 0 saturated carbocycles. The fourth-order valence-corrected chi connectivity index (χ4v) is 2.72. The maximum Gasteiger partial charge on any atom is 0.161 e.